The number of carbonyl (C=O) groups is 2. The normalized spacial score (nSPS) is 12.2. The highest BCUT2D eigenvalue weighted by Gasteiger charge is 2.31. The average molecular weight is 1050 g/mol. The number of carbonyl (C=O) groups excluding carboxylic acids is 2. The lowest BCUT2D eigenvalue weighted by Gasteiger charge is -2.19. The Balaban J connectivity index is 0.683. The minimum absolute atomic E-state index is 0.0108. The average Bonchev–Trinajstić information content (AvgIpc) is 3.73. The van der Waals surface area contributed by atoms with Crippen LogP contribution in [0.2, 0.25) is 0 Å². The lowest BCUT2D eigenvalue weighted by molar-refractivity contribution is -0.137. The molecule has 0 fully saturated rings. The fourth-order valence-electron chi connectivity index (χ4n) is 7.27. The lowest BCUT2D eigenvalue weighted by atomic mass is 9.98. The molecule has 5 rings (SSSR count). The van der Waals surface area contributed by atoms with E-state index in [0.717, 1.165) is 12.1 Å². The van der Waals surface area contributed by atoms with Crippen LogP contribution in [0.5, 0.6) is 0 Å². The number of nitrogens with zero attached hydrogens (tertiary/aromatic N) is 1. The molecule has 4 aromatic rings. The van der Waals surface area contributed by atoms with Crippen LogP contribution in [0.1, 0.15) is 33.0 Å². The van der Waals surface area contributed by atoms with E-state index in [0.29, 0.717) is 144 Å². The highest BCUT2D eigenvalue weighted by atomic mass is 19.4. The standard InChI is InChI=1S/C54H71F3N2O15/c1-59(53(61)74-42-50-47-13-4-2-11-45(47)46-12-3-5-14-48(46)50)17-18-62-19-20-63-21-22-64-23-24-65-25-26-66-27-28-67-29-30-68-31-32-69-33-34-70-35-36-71-37-38-72-39-40-73-52(60)49-15-6-7-16-51(49)58-44-10-8-9-43(41-44)54(55,56)57/h2-16,41,50,58H,17-40,42H2,1H3. The number of rotatable bonds is 41. The first kappa shape index (κ1) is 59.6. The van der Waals surface area contributed by atoms with E-state index in [2.05, 4.69) is 29.6 Å². The second-order valence-electron chi connectivity index (χ2n) is 16.3. The number of hydrogen-bond donors (Lipinski definition) is 1. The Morgan fingerprint density at radius 3 is 1.31 bits per heavy atom. The Labute approximate surface area is 431 Å². The molecule has 0 unspecified atom stereocenters. The van der Waals surface area contributed by atoms with E-state index in [9.17, 15) is 22.8 Å². The zero-order chi connectivity index (χ0) is 52.3. The van der Waals surface area contributed by atoms with Crippen LogP contribution in [-0.4, -0.2) is 189 Å². The maximum Gasteiger partial charge on any atom is 0.416 e. The van der Waals surface area contributed by atoms with E-state index in [1.807, 2.05) is 24.3 Å². The maximum absolute atomic E-state index is 13.1. The molecule has 0 atom stereocenters. The molecular weight excluding hydrogens is 974 g/mol. The van der Waals surface area contributed by atoms with E-state index in [1.165, 1.54) is 45.4 Å². The summed E-state index contributed by atoms with van der Waals surface area (Å²) in [7, 11) is 1.70. The van der Waals surface area contributed by atoms with Crippen molar-refractivity contribution >= 4 is 23.4 Å². The third-order valence-electron chi connectivity index (χ3n) is 11.0. The van der Waals surface area contributed by atoms with Crippen LogP contribution >= 0.6 is 0 Å². The Morgan fingerprint density at radius 2 is 0.865 bits per heavy atom. The van der Waals surface area contributed by atoms with Gasteiger partial charge in [-0.1, -0.05) is 66.7 Å². The number of ether oxygens (including phenoxy) is 13. The summed E-state index contributed by atoms with van der Waals surface area (Å²) >= 11 is 0. The van der Waals surface area contributed by atoms with Crippen LogP contribution in [-0.2, 0) is 67.8 Å². The predicted molar refractivity (Wildman–Crippen MR) is 268 cm³/mol. The molecule has 4 aromatic carbocycles. The summed E-state index contributed by atoms with van der Waals surface area (Å²) in [6.07, 6.45) is -4.86. The number of anilines is 2. The first-order valence-electron chi connectivity index (χ1n) is 24.8. The molecule has 408 valence electrons. The zero-order valence-corrected chi connectivity index (χ0v) is 42.2. The van der Waals surface area contributed by atoms with Gasteiger partial charge in [0.15, 0.2) is 0 Å². The molecule has 1 N–H and O–H groups in total. The predicted octanol–water partition coefficient (Wildman–Crippen LogP) is 7.67. The quantitative estimate of drug-likeness (QED) is 0.0339. The van der Waals surface area contributed by atoms with Crippen molar-refractivity contribution in [1.82, 2.24) is 4.90 Å². The molecule has 0 aromatic heterocycles. The van der Waals surface area contributed by atoms with E-state index in [4.69, 9.17) is 61.6 Å². The van der Waals surface area contributed by atoms with Gasteiger partial charge in [0.2, 0.25) is 0 Å². The number of fused-ring (bicyclic) bond motifs is 3. The molecule has 20 heteroatoms. The maximum atomic E-state index is 13.1. The minimum Gasteiger partial charge on any atom is -0.460 e. The van der Waals surface area contributed by atoms with Gasteiger partial charge in [0.05, 0.1) is 162 Å². The number of para-hydroxylation sites is 1. The van der Waals surface area contributed by atoms with E-state index < -0.39 is 17.7 Å². The van der Waals surface area contributed by atoms with Crippen LogP contribution in [0, 0.1) is 0 Å². The van der Waals surface area contributed by atoms with E-state index in [1.54, 1.807) is 25.2 Å². The Hall–Kier alpha value is -5.23. The highest BCUT2D eigenvalue weighted by Crippen LogP contribution is 2.44. The third-order valence-corrected chi connectivity index (χ3v) is 11.0. The van der Waals surface area contributed by atoms with Crippen LogP contribution in [0.4, 0.5) is 29.3 Å². The zero-order valence-electron chi connectivity index (χ0n) is 42.2. The topological polar surface area (TPSA) is 169 Å². The van der Waals surface area contributed by atoms with Gasteiger partial charge in [0.1, 0.15) is 13.2 Å². The summed E-state index contributed by atoms with van der Waals surface area (Å²) in [6.45, 7) is 9.63. The molecule has 17 nitrogen and oxygen atoms in total. The Kier molecular flexibility index (Phi) is 28.9. The van der Waals surface area contributed by atoms with Gasteiger partial charge in [-0.05, 0) is 52.6 Å². The van der Waals surface area contributed by atoms with Crippen LogP contribution in [0.25, 0.3) is 11.1 Å². The molecule has 1 aliphatic rings. The van der Waals surface area contributed by atoms with Gasteiger partial charge in [0.25, 0.3) is 0 Å². The highest BCUT2D eigenvalue weighted by molar-refractivity contribution is 5.96. The summed E-state index contributed by atoms with van der Waals surface area (Å²) in [5, 5.41) is 2.86. The van der Waals surface area contributed by atoms with Crippen LogP contribution in [0.15, 0.2) is 97.1 Å². The molecule has 0 heterocycles. The Morgan fingerprint density at radius 1 is 0.473 bits per heavy atom. The van der Waals surface area contributed by atoms with Gasteiger partial charge in [-0.2, -0.15) is 13.2 Å². The number of nitrogens with one attached hydrogen (secondary N) is 1. The van der Waals surface area contributed by atoms with E-state index in [-0.39, 0.29) is 49.7 Å². The van der Waals surface area contributed by atoms with Crippen LogP contribution in [0.3, 0.4) is 0 Å². The Bertz CT molecular complexity index is 2120. The molecule has 0 spiro atoms. The second kappa shape index (κ2) is 35.9. The monoisotopic (exact) mass is 1040 g/mol. The van der Waals surface area contributed by atoms with Crippen molar-refractivity contribution < 1.29 is 84.3 Å². The molecule has 1 aliphatic carbocycles. The summed E-state index contributed by atoms with van der Waals surface area (Å²) in [4.78, 5) is 26.8. The summed E-state index contributed by atoms with van der Waals surface area (Å²) < 4.78 is 111. The van der Waals surface area contributed by atoms with Gasteiger partial charge in [-0.15, -0.1) is 0 Å². The van der Waals surface area contributed by atoms with Crippen molar-refractivity contribution in [2.24, 2.45) is 0 Å². The lowest BCUT2D eigenvalue weighted by Crippen LogP contribution is -2.32. The molecular formula is C54H71F3N2O15. The number of hydrogen-bond acceptors (Lipinski definition) is 16. The fraction of sp³-hybridized carbons (Fsp3) is 0.519. The van der Waals surface area contributed by atoms with Crippen molar-refractivity contribution in [1.29, 1.82) is 0 Å². The van der Waals surface area contributed by atoms with Crippen molar-refractivity contribution in [3.05, 3.63) is 119 Å². The van der Waals surface area contributed by atoms with Crippen molar-refractivity contribution in [3.63, 3.8) is 0 Å². The molecule has 0 saturated carbocycles. The molecule has 0 radical (unpaired) electrons. The molecule has 1 amide bonds. The number of amides is 1. The number of benzene rings is 4. The fourth-order valence-corrected chi connectivity index (χ4v) is 7.27. The van der Waals surface area contributed by atoms with Gasteiger partial charge in [0, 0.05) is 25.2 Å². The first-order valence-corrected chi connectivity index (χ1v) is 24.8. The molecule has 0 saturated heterocycles. The van der Waals surface area contributed by atoms with Gasteiger partial charge in [-0.3, -0.25) is 0 Å². The number of esters is 1. The SMILES string of the molecule is CN(CCOCCOCCOCCOCCOCCOCCOCCOCCOCCOCCOCCOC(=O)c1ccccc1Nc1cccc(C(F)(F)F)c1)C(=O)OCC1c2ccccc2-c2ccccc21. The molecule has 0 bridgehead atoms. The first-order chi connectivity index (χ1) is 36.2. The van der Waals surface area contributed by atoms with E-state index >= 15 is 0 Å². The van der Waals surface area contributed by atoms with Gasteiger partial charge in [-0.25, -0.2) is 9.59 Å². The van der Waals surface area contributed by atoms with Crippen molar-refractivity contribution in [3.8, 4) is 11.1 Å². The van der Waals surface area contributed by atoms with Gasteiger partial charge >= 0.3 is 18.2 Å². The molecule has 74 heavy (non-hydrogen) atoms. The van der Waals surface area contributed by atoms with Crippen LogP contribution < -0.4 is 5.32 Å². The number of halogens is 3. The minimum atomic E-state index is -4.49. The third kappa shape index (κ3) is 23.1. The van der Waals surface area contributed by atoms with Crippen molar-refractivity contribution in [2.75, 3.05) is 177 Å². The van der Waals surface area contributed by atoms with Gasteiger partial charge < -0.3 is 71.8 Å². The summed E-state index contributed by atoms with van der Waals surface area (Å²) in [6, 6.07) is 27.6. The summed E-state index contributed by atoms with van der Waals surface area (Å²) in [5.74, 6) is -0.612. The smallest absolute Gasteiger partial charge is 0.416 e. The summed E-state index contributed by atoms with van der Waals surface area (Å²) in [5.41, 5.74) is 4.64. The second-order valence-corrected chi connectivity index (χ2v) is 16.3. The van der Waals surface area contributed by atoms with Crippen molar-refractivity contribution in [2.45, 2.75) is 12.1 Å². The molecule has 0 aliphatic heterocycles. The number of likely N-dealkylation sites (N-methyl/N-ethyl adjacent to an activating group) is 1. The number of alkyl halides is 3. The largest absolute Gasteiger partial charge is 0.460 e.